The molecule has 0 aliphatic heterocycles. The summed E-state index contributed by atoms with van der Waals surface area (Å²) in [4.78, 5) is 0. The number of benzene rings is 1. The van der Waals surface area contributed by atoms with Gasteiger partial charge in [-0.2, -0.15) is 0 Å². The van der Waals surface area contributed by atoms with Crippen molar-refractivity contribution >= 4 is 0 Å². The third kappa shape index (κ3) is 3.23. The molecule has 1 aromatic carbocycles. The van der Waals surface area contributed by atoms with Gasteiger partial charge in [-0.15, -0.1) is 5.73 Å². The Kier molecular flexibility index (Phi) is 3.97. The predicted octanol–water partition coefficient (Wildman–Crippen LogP) is 3.35. The van der Waals surface area contributed by atoms with Crippen LogP contribution in [0.5, 0.6) is 0 Å². The van der Waals surface area contributed by atoms with E-state index in [1.807, 2.05) is 12.1 Å². The van der Waals surface area contributed by atoms with E-state index in [0.29, 0.717) is 0 Å². The lowest BCUT2D eigenvalue weighted by molar-refractivity contribution is 1.22. The van der Waals surface area contributed by atoms with E-state index >= 15 is 0 Å². The predicted molar refractivity (Wildman–Crippen MR) is 53.1 cm³/mol. The van der Waals surface area contributed by atoms with Crippen LogP contribution in [0.15, 0.2) is 48.2 Å². The SMILES string of the molecule is CCC=C=CCc1ccccc1. The molecule has 0 radical (unpaired) electrons. The van der Waals surface area contributed by atoms with Crippen molar-refractivity contribution in [1.82, 2.24) is 0 Å². The molecule has 1 rings (SSSR count). The lowest BCUT2D eigenvalue weighted by atomic mass is 10.1. The smallest absolute Gasteiger partial charge is 0.00214 e. The van der Waals surface area contributed by atoms with Crippen molar-refractivity contribution in [3.63, 3.8) is 0 Å². The Hall–Kier alpha value is -1.26. The quantitative estimate of drug-likeness (QED) is 0.592. The highest BCUT2D eigenvalue weighted by molar-refractivity contribution is 5.17. The standard InChI is InChI=1S/C12H14/c1-2-3-4-6-9-12-10-7-5-8-11-12/h3,5-8,10-11H,2,9H2,1H3. The van der Waals surface area contributed by atoms with Gasteiger partial charge in [0.25, 0.3) is 0 Å². The van der Waals surface area contributed by atoms with Gasteiger partial charge in [-0.05, 0) is 30.6 Å². The fourth-order valence-electron chi connectivity index (χ4n) is 0.992. The van der Waals surface area contributed by atoms with Crippen LogP contribution >= 0.6 is 0 Å². The summed E-state index contributed by atoms with van der Waals surface area (Å²) in [7, 11) is 0. The molecule has 0 spiro atoms. The molecule has 62 valence electrons. The summed E-state index contributed by atoms with van der Waals surface area (Å²) in [5, 5.41) is 0. The van der Waals surface area contributed by atoms with Crippen LogP contribution in [0.2, 0.25) is 0 Å². The molecule has 0 aliphatic carbocycles. The molecule has 0 heterocycles. The van der Waals surface area contributed by atoms with E-state index in [4.69, 9.17) is 0 Å². The van der Waals surface area contributed by atoms with Crippen LogP contribution in [0, 0.1) is 0 Å². The van der Waals surface area contributed by atoms with E-state index in [2.05, 4.69) is 43.0 Å². The second-order valence-electron chi connectivity index (χ2n) is 2.67. The minimum Gasteiger partial charge on any atom is -0.129 e. The molecule has 0 unspecified atom stereocenters. The molecule has 0 N–H and O–H groups in total. The van der Waals surface area contributed by atoms with Crippen LogP contribution in [-0.4, -0.2) is 0 Å². The fourth-order valence-corrected chi connectivity index (χ4v) is 0.992. The molecule has 0 amide bonds. The largest absolute Gasteiger partial charge is 0.129 e. The Morgan fingerprint density at radius 2 is 1.92 bits per heavy atom. The molecule has 1 aromatic rings. The topological polar surface area (TPSA) is 0 Å². The second-order valence-corrected chi connectivity index (χ2v) is 2.67. The molecule has 0 saturated heterocycles. The maximum Gasteiger partial charge on any atom is -0.00214 e. The summed E-state index contributed by atoms with van der Waals surface area (Å²) in [5.41, 5.74) is 4.48. The average molecular weight is 158 g/mol. The molecule has 0 fully saturated rings. The molecule has 0 heteroatoms. The normalized spacial score (nSPS) is 8.75. The maximum atomic E-state index is 3.13. The van der Waals surface area contributed by atoms with Crippen LogP contribution in [0.4, 0.5) is 0 Å². The van der Waals surface area contributed by atoms with Gasteiger partial charge >= 0.3 is 0 Å². The summed E-state index contributed by atoms with van der Waals surface area (Å²) >= 11 is 0. The van der Waals surface area contributed by atoms with Crippen molar-refractivity contribution in [1.29, 1.82) is 0 Å². The average Bonchev–Trinajstić information content (AvgIpc) is 2.14. The van der Waals surface area contributed by atoms with Crippen molar-refractivity contribution in [3.05, 3.63) is 53.8 Å². The molecular weight excluding hydrogens is 144 g/mol. The van der Waals surface area contributed by atoms with Crippen molar-refractivity contribution in [2.24, 2.45) is 0 Å². The van der Waals surface area contributed by atoms with Crippen molar-refractivity contribution < 1.29 is 0 Å². The zero-order valence-electron chi connectivity index (χ0n) is 7.46. The Morgan fingerprint density at radius 3 is 2.58 bits per heavy atom. The zero-order chi connectivity index (χ0) is 8.65. The Labute approximate surface area is 74.2 Å². The molecule has 0 bridgehead atoms. The van der Waals surface area contributed by atoms with Gasteiger partial charge < -0.3 is 0 Å². The van der Waals surface area contributed by atoms with E-state index in [1.54, 1.807) is 0 Å². The zero-order valence-corrected chi connectivity index (χ0v) is 7.46. The van der Waals surface area contributed by atoms with Crippen LogP contribution in [0.1, 0.15) is 18.9 Å². The van der Waals surface area contributed by atoms with Gasteiger partial charge in [0.15, 0.2) is 0 Å². The molecule has 0 aliphatic rings. The van der Waals surface area contributed by atoms with E-state index in [-0.39, 0.29) is 0 Å². The first-order chi connectivity index (χ1) is 5.93. The van der Waals surface area contributed by atoms with E-state index in [0.717, 1.165) is 12.8 Å². The summed E-state index contributed by atoms with van der Waals surface area (Å²) in [6.07, 6.45) is 6.16. The minimum atomic E-state index is 0.983. The second kappa shape index (κ2) is 5.40. The van der Waals surface area contributed by atoms with Gasteiger partial charge in [-0.1, -0.05) is 37.3 Å². The highest BCUT2D eigenvalue weighted by atomic mass is 13.9. The van der Waals surface area contributed by atoms with Gasteiger partial charge in [0.1, 0.15) is 0 Å². The Bertz CT molecular complexity index is 263. The van der Waals surface area contributed by atoms with Gasteiger partial charge in [0.05, 0.1) is 0 Å². The highest BCUT2D eigenvalue weighted by Gasteiger charge is 1.83. The number of hydrogen-bond donors (Lipinski definition) is 0. The fraction of sp³-hybridized carbons (Fsp3) is 0.250. The first kappa shape index (κ1) is 8.83. The molecule has 0 aromatic heterocycles. The first-order valence-corrected chi connectivity index (χ1v) is 4.37. The summed E-state index contributed by atoms with van der Waals surface area (Å²) in [5.74, 6) is 0. The number of rotatable bonds is 3. The minimum absolute atomic E-state index is 0.983. The molecule has 0 nitrogen and oxygen atoms in total. The van der Waals surface area contributed by atoms with Gasteiger partial charge in [0, 0.05) is 0 Å². The molecule has 12 heavy (non-hydrogen) atoms. The Morgan fingerprint density at radius 1 is 1.17 bits per heavy atom. The highest BCUT2D eigenvalue weighted by Crippen LogP contribution is 1.99. The van der Waals surface area contributed by atoms with Gasteiger partial charge in [-0.3, -0.25) is 0 Å². The van der Waals surface area contributed by atoms with E-state index < -0.39 is 0 Å². The molecule has 0 saturated carbocycles. The summed E-state index contributed by atoms with van der Waals surface area (Å²) in [6.45, 7) is 2.11. The van der Waals surface area contributed by atoms with Crippen molar-refractivity contribution in [2.45, 2.75) is 19.8 Å². The number of hydrogen-bond acceptors (Lipinski definition) is 0. The monoisotopic (exact) mass is 158 g/mol. The van der Waals surface area contributed by atoms with Crippen LogP contribution in [0.3, 0.4) is 0 Å². The van der Waals surface area contributed by atoms with Crippen LogP contribution < -0.4 is 0 Å². The summed E-state index contributed by atoms with van der Waals surface area (Å²) < 4.78 is 0. The van der Waals surface area contributed by atoms with Gasteiger partial charge in [0.2, 0.25) is 0 Å². The van der Waals surface area contributed by atoms with Crippen molar-refractivity contribution in [3.8, 4) is 0 Å². The van der Waals surface area contributed by atoms with Crippen molar-refractivity contribution in [2.75, 3.05) is 0 Å². The number of allylic oxidation sites excluding steroid dienone is 1. The lowest BCUT2D eigenvalue weighted by Crippen LogP contribution is -1.76. The summed E-state index contributed by atoms with van der Waals surface area (Å²) in [6, 6.07) is 10.4. The third-order valence-corrected chi connectivity index (χ3v) is 1.62. The maximum absolute atomic E-state index is 3.13. The first-order valence-electron chi connectivity index (χ1n) is 4.37. The van der Waals surface area contributed by atoms with Gasteiger partial charge in [-0.25, -0.2) is 0 Å². The van der Waals surface area contributed by atoms with Crippen LogP contribution in [-0.2, 0) is 6.42 Å². The Balaban J connectivity index is 2.49. The molecule has 0 atom stereocenters. The van der Waals surface area contributed by atoms with E-state index in [1.165, 1.54) is 5.56 Å². The van der Waals surface area contributed by atoms with Crippen LogP contribution in [0.25, 0.3) is 0 Å². The lowest BCUT2D eigenvalue weighted by Gasteiger charge is -1.91. The van der Waals surface area contributed by atoms with E-state index in [9.17, 15) is 0 Å². The molecular formula is C12H14. The third-order valence-electron chi connectivity index (χ3n) is 1.62.